The summed E-state index contributed by atoms with van der Waals surface area (Å²) in [7, 11) is 1.95. The number of hydrogen-bond acceptors (Lipinski definition) is 4. The molecule has 92 valence electrons. The summed E-state index contributed by atoms with van der Waals surface area (Å²) >= 11 is 0. The van der Waals surface area contributed by atoms with Gasteiger partial charge in [0.1, 0.15) is 5.52 Å². The predicted octanol–water partition coefficient (Wildman–Crippen LogP) is 1.12. The molecule has 18 heavy (non-hydrogen) atoms. The van der Waals surface area contributed by atoms with Gasteiger partial charge in [-0.2, -0.15) is 10.2 Å². The number of hydrogen-bond donors (Lipinski definition) is 1. The van der Waals surface area contributed by atoms with Crippen LogP contribution in [0.4, 0.5) is 5.82 Å². The predicted molar refractivity (Wildman–Crippen MR) is 68.4 cm³/mol. The second kappa shape index (κ2) is 4.48. The third-order valence-corrected chi connectivity index (χ3v) is 2.92. The first-order chi connectivity index (χ1) is 8.84. The SMILES string of the molecule is Cn1nccc1CCNc1nccn2nccc12. The van der Waals surface area contributed by atoms with Crippen molar-refractivity contribution >= 4 is 11.3 Å². The Morgan fingerprint density at radius 2 is 2.06 bits per heavy atom. The largest absolute Gasteiger partial charge is 0.368 e. The maximum atomic E-state index is 4.33. The molecule has 0 radical (unpaired) electrons. The molecule has 0 saturated carbocycles. The van der Waals surface area contributed by atoms with E-state index in [0.717, 1.165) is 24.3 Å². The van der Waals surface area contributed by atoms with E-state index < -0.39 is 0 Å². The van der Waals surface area contributed by atoms with Crippen molar-refractivity contribution in [3.05, 3.63) is 42.6 Å². The zero-order chi connectivity index (χ0) is 12.4. The van der Waals surface area contributed by atoms with Crippen LogP contribution in [0, 0.1) is 0 Å². The molecule has 6 heteroatoms. The van der Waals surface area contributed by atoms with Gasteiger partial charge in [0.05, 0.1) is 6.20 Å². The van der Waals surface area contributed by atoms with Crippen LogP contribution < -0.4 is 5.32 Å². The summed E-state index contributed by atoms with van der Waals surface area (Å²) in [6, 6.07) is 3.97. The Morgan fingerprint density at radius 3 is 2.89 bits per heavy atom. The Bertz CT molecular complexity index is 653. The quantitative estimate of drug-likeness (QED) is 0.744. The van der Waals surface area contributed by atoms with Gasteiger partial charge in [-0.05, 0) is 12.1 Å². The minimum atomic E-state index is 0.817. The van der Waals surface area contributed by atoms with E-state index in [0.29, 0.717) is 0 Å². The van der Waals surface area contributed by atoms with Gasteiger partial charge < -0.3 is 5.32 Å². The molecule has 3 aromatic rings. The van der Waals surface area contributed by atoms with Crippen LogP contribution in [0.3, 0.4) is 0 Å². The Labute approximate surface area is 104 Å². The summed E-state index contributed by atoms with van der Waals surface area (Å²) in [6.07, 6.45) is 8.07. The van der Waals surface area contributed by atoms with E-state index in [1.165, 1.54) is 5.69 Å². The number of aryl methyl sites for hydroxylation is 1. The lowest BCUT2D eigenvalue weighted by molar-refractivity contribution is 0.711. The van der Waals surface area contributed by atoms with Crippen molar-refractivity contribution in [2.75, 3.05) is 11.9 Å². The standard InChI is InChI=1S/C12H14N6/c1-17-10(3-6-15-17)2-5-13-12-11-4-7-16-18(11)9-8-14-12/h3-4,6-9H,2,5H2,1H3,(H,13,14). The maximum absolute atomic E-state index is 4.33. The van der Waals surface area contributed by atoms with Crippen molar-refractivity contribution in [1.82, 2.24) is 24.4 Å². The molecule has 3 rings (SSSR count). The molecule has 0 saturated heterocycles. The second-order valence-electron chi connectivity index (χ2n) is 4.06. The van der Waals surface area contributed by atoms with Crippen LogP contribution >= 0.6 is 0 Å². The average Bonchev–Trinajstić information content (AvgIpc) is 2.99. The van der Waals surface area contributed by atoms with E-state index in [1.54, 1.807) is 16.9 Å². The monoisotopic (exact) mass is 242 g/mol. The van der Waals surface area contributed by atoms with Crippen molar-refractivity contribution < 1.29 is 0 Å². The maximum Gasteiger partial charge on any atom is 0.152 e. The molecule has 0 spiro atoms. The summed E-state index contributed by atoms with van der Waals surface area (Å²) in [4.78, 5) is 4.33. The van der Waals surface area contributed by atoms with Gasteiger partial charge in [0.25, 0.3) is 0 Å². The Morgan fingerprint density at radius 1 is 1.17 bits per heavy atom. The molecule has 0 fully saturated rings. The first-order valence-corrected chi connectivity index (χ1v) is 5.84. The Kier molecular flexibility index (Phi) is 2.68. The molecule has 0 unspecified atom stereocenters. The third kappa shape index (κ3) is 1.92. The molecule has 0 aromatic carbocycles. The van der Waals surface area contributed by atoms with Crippen molar-refractivity contribution in [2.24, 2.45) is 7.05 Å². The highest BCUT2D eigenvalue weighted by molar-refractivity contribution is 5.66. The molecule has 3 aromatic heterocycles. The fourth-order valence-electron chi connectivity index (χ4n) is 1.95. The minimum Gasteiger partial charge on any atom is -0.368 e. The molecule has 3 heterocycles. The van der Waals surface area contributed by atoms with Crippen LogP contribution in [0.25, 0.3) is 5.52 Å². The summed E-state index contributed by atoms with van der Waals surface area (Å²) < 4.78 is 3.69. The lowest BCUT2D eigenvalue weighted by Crippen LogP contribution is -2.10. The van der Waals surface area contributed by atoms with E-state index >= 15 is 0 Å². The average molecular weight is 242 g/mol. The zero-order valence-electron chi connectivity index (χ0n) is 10.1. The Hall–Kier alpha value is -2.37. The van der Waals surface area contributed by atoms with E-state index in [-0.39, 0.29) is 0 Å². The zero-order valence-corrected chi connectivity index (χ0v) is 10.1. The summed E-state index contributed by atoms with van der Waals surface area (Å²) in [5.74, 6) is 0.858. The molecule has 1 N–H and O–H groups in total. The highest BCUT2D eigenvalue weighted by atomic mass is 15.3. The lowest BCUT2D eigenvalue weighted by atomic mass is 10.3. The molecule has 0 bridgehead atoms. The summed E-state index contributed by atoms with van der Waals surface area (Å²) in [6.45, 7) is 0.817. The number of aromatic nitrogens is 5. The summed E-state index contributed by atoms with van der Waals surface area (Å²) in [5, 5.41) is 11.6. The van der Waals surface area contributed by atoms with Gasteiger partial charge in [-0.15, -0.1) is 0 Å². The molecular weight excluding hydrogens is 228 g/mol. The molecule has 0 aliphatic rings. The van der Waals surface area contributed by atoms with Crippen LogP contribution in [0.5, 0.6) is 0 Å². The van der Waals surface area contributed by atoms with Crippen molar-refractivity contribution in [2.45, 2.75) is 6.42 Å². The molecular formula is C12H14N6. The van der Waals surface area contributed by atoms with Gasteiger partial charge in [-0.25, -0.2) is 9.50 Å². The van der Waals surface area contributed by atoms with Crippen LogP contribution in [0.15, 0.2) is 36.9 Å². The van der Waals surface area contributed by atoms with Crippen LogP contribution in [-0.2, 0) is 13.5 Å². The van der Waals surface area contributed by atoms with Gasteiger partial charge in [0.15, 0.2) is 5.82 Å². The van der Waals surface area contributed by atoms with Crippen LogP contribution in [0.1, 0.15) is 5.69 Å². The van der Waals surface area contributed by atoms with Crippen LogP contribution in [0.2, 0.25) is 0 Å². The number of fused-ring (bicyclic) bond motifs is 1. The van der Waals surface area contributed by atoms with Gasteiger partial charge in [-0.1, -0.05) is 0 Å². The highest BCUT2D eigenvalue weighted by Crippen LogP contribution is 2.12. The smallest absolute Gasteiger partial charge is 0.152 e. The Balaban J connectivity index is 1.70. The minimum absolute atomic E-state index is 0.817. The van der Waals surface area contributed by atoms with E-state index in [4.69, 9.17) is 0 Å². The van der Waals surface area contributed by atoms with Crippen molar-refractivity contribution in [3.8, 4) is 0 Å². The van der Waals surface area contributed by atoms with E-state index in [2.05, 4.69) is 20.5 Å². The molecule has 0 atom stereocenters. The van der Waals surface area contributed by atoms with Gasteiger partial charge in [0, 0.05) is 44.3 Å². The normalized spacial score (nSPS) is 10.9. The molecule has 0 aliphatic heterocycles. The van der Waals surface area contributed by atoms with Gasteiger partial charge in [0.2, 0.25) is 0 Å². The van der Waals surface area contributed by atoms with Gasteiger partial charge in [-0.3, -0.25) is 4.68 Å². The highest BCUT2D eigenvalue weighted by Gasteiger charge is 2.03. The number of rotatable bonds is 4. The van der Waals surface area contributed by atoms with Crippen molar-refractivity contribution in [1.29, 1.82) is 0 Å². The fraction of sp³-hybridized carbons (Fsp3) is 0.250. The van der Waals surface area contributed by atoms with Crippen LogP contribution in [-0.4, -0.2) is 30.9 Å². The molecule has 0 amide bonds. The third-order valence-electron chi connectivity index (χ3n) is 2.92. The van der Waals surface area contributed by atoms with E-state index in [1.807, 2.05) is 36.3 Å². The first kappa shape index (κ1) is 10.8. The molecule has 0 aliphatic carbocycles. The fourth-order valence-corrected chi connectivity index (χ4v) is 1.95. The lowest BCUT2D eigenvalue weighted by Gasteiger charge is -2.07. The topological polar surface area (TPSA) is 60.0 Å². The first-order valence-electron chi connectivity index (χ1n) is 5.84. The van der Waals surface area contributed by atoms with E-state index in [9.17, 15) is 0 Å². The number of nitrogens with zero attached hydrogens (tertiary/aromatic N) is 5. The molecule has 6 nitrogen and oxygen atoms in total. The second-order valence-corrected chi connectivity index (χ2v) is 4.06. The van der Waals surface area contributed by atoms with Gasteiger partial charge >= 0.3 is 0 Å². The number of anilines is 1. The number of nitrogens with one attached hydrogen (secondary N) is 1. The van der Waals surface area contributed by atoms with Crippen molar-refractivity contribution in [3.63, 3.8) is 0 Å². The summed E-state index contributed by atoms with van der Waals surface area (Å²) in [5.41, 5.74) is 2.19.